The third kappa shape index (κ3) is 2.98. The summed E-state index contributed by atoms with van der Waals surface area (Å²) in [6.45, 7) is 8.40. The molecule has 0 amide bonds. The minimum absolute atomic E-state index is 0.270. The summed E-state index contributed by atoms with van der Waals surface area (Å²) in [5, 5.41) is 17.9. The number of nitrogens with one attached hydrogen (secondary N) is 1. The molecule has 0 unspecified atom stereocenters. The zero-order chi connectivity index (χ0) is 20.0. The SMILES string of the molecule is CCN(CC)CCn1cc2c3c(c4ccc(O)cc4c2c1)Nc1ccccc1O3. The van der Waals surface area contributed by atoms with Gasteiger partial charge in [-0.15, -0.1) is 0 Å². The molecule has 0 spiro atoms. The molecule has 5 nitrogen and oxygen atoms in total. The minimum atomic E-state index is 0.270. The Balaban J connectivity index is 1.68. The highest BCUT2D eigenvalue weighted by atomic mass is 16.5. The average molecular weight is 387 g/mol. The van der Waals surface area contributed by atoms with Crippen molar-refractivity contribution in [3.8, 4) is 17.2 Å². The van der Waals surface area contributed by atoms with Crippen LogP contribution in [-0.4, -0.2) is 34.2 Å². The van der Waals surface area contributed by atoms with Gasteiger partial charge in [0.25, 0.3) is 0 Å². The molecule has 5 rings (SSSR count). The molecule has 0 radical (unpaired) electrons. The highest BCUT2D eigenvalue weighted by Crippen LogP contribution is 2.50. The van der Waals surface area contributed by atoms with E-state index in [1.165, 1.54) is 0 Å². The minimum Gasteiger partial charge on any atom is -0.508 e. The lowest BCUT2D eigenvalue weighted by atomic mass is 10.0. The van der Waals surface area contributed by atoms with Crippen molar-refractivity contribution in [2.75, 3.05) is 25.0 Å². The largest absolute Gasteiger partial charge is 0.508 e. The Labute approximate surface area is 170 Å². The van der Waals surface area contributed by atoms with Gasteiger partial charge in [-0.25, -0.2) is 0 Å². The van der Waals surface area contributed by atoms with Crippen LogP contribution in [0.4, 0.5) is 11.4 Å². The standard InChI is InChI=1S/C24H25N3O2/c1-3-26(4-2)11-12-27-14-19-18-13-16(28)9-10-17(18)23-24(20(19)15-27)29-22-8-6-5-7-21(22)25-23/h5-10,13-15,25,28H,3-4,11-12H2,1-2H3. The van der Waals surface area contributed by atoms with Crippen molar-refractivity contribution in [1.82, 2.24) is 9.47 Å². The summed E-state index contributed by atoms with van der Waals surface area (Å²) in [5.74, 6) is 1.94. The zero-order valence-electron chi connectivity index (χ0n) is 16.8. The number of nitrogens with zero attached hydrogens (tertiary/aromatic N) is 2. The summed E-state index contributed by atoms with van der Waals surface area (Å²) in [6.07, 6.45) is 4.33. The van der Waals surface area contributed by atoms with Crippen molar-refractivity contribution in [2.45, 2.75) is 20.4 Å². The average Bonchev–Trinajstić information content (AvgIpc) is 3.18. The van der Waals surface area contributed by atoms with E-state index in [0.29, 0.717) is 0 Å². The first kappa shape index (κ1) is 17.9. The van der Waals surface area contributed by atoms with Crippen LogP contribution in [0.1, 0.15) is 13.8 Å². The van der Waals surface area contributed by atoms with Gasteiger partial charge in [-0.2, -0.15) is 0 Å². The Morgan fingerprint density at radius 2 is 1.76 bits per heavy atom. The molecule has 0 saturated heterocycles. The summed E-state index contributed by atoms with van der Waals surface area (Å²) >= 11 is 0. The maximum absolute atomic E-state index is 10.1. The summed E-state index contributed by atoms with van der Waals surface area (Å²) in [5.41, 5.74) is 1.90. The number of phenolic OH excluding ortho intramolecular Hbond substituents is 1. The predicted octanol–water partition coefficient (Wildman–Crippen LogP) is 5.69. The molecule has 1 aliphatic heterocycles. The lowest BCUT2D eigenvalue weighted by Crippen LogP contribution is -2.26. The van der Waals surface area contributed by atoms with E-state index in [0.717, 1.165) is 70.6 Å². The molecule has 4 aromatic rings. The first-order valence-electron chi connectivity index (χ1n) is 10.2. The molecule has 0 aliphatic carbocycles. The van der Waals surface area contributed by atoms with Crippen LogP contribution in [0.3, 0.4) is 0 Å². The molecule has 29 heavy (non-hydrogen) atoms. The van der Waals surface area contributed by atoms with Crippen molar-refractivity contribution >= 4 is 32.9 Å². The first-order valence-corrected chi connectivity index (χ1v) is 10.2. The second-order valence-corrected chi connectivity index (χ2v) is 7.51. The van der Waals surface area contributed by atoms with Gasteiger partial charge < -0.3 is 24.6 Å². The lowest BCUT2D eigenvalue weighted by molar-refractivity contribution is 0.291. The third-order valence-electron chi connectivity index (χ3n) is 5.84. The van der Waals surface area contributed by atoms with Gasteiger partial charge in [0.05, 0.1) is 11.4 Å². The second-order valence-electron chi connectivity index (χ2n) is 7.51. The predicted molar refractivity (Wildman–Crippen MR) is 119 cm³/mol. The molecule has 148 valence electrons. The molecule has 0 bridgehead atoms. The number of anilines is 2. The monoisotopic (exact) mass is 387 g/mol. The van der Waals surface area contributed by atoms with Crippen molar-refractivity contribution in [3.63, 3.8) is 0 Å². The second kappa shape index (κ2) is 7.01. The summed E-state index contributed by atoms with van der Waals surface area (Å²) in [6, 6.07) is 13.5. The van der Waals surface area contributed by atoms with E-state index < -0.39 is 0 Å². The molecule has 5 heteroatoms. The van der Waals surface area contributed by atoms with E-state index in [2.05, 4.69) is 41.0 Å². The number of benzene rings is 3. The number of phenols is 1. The smallest absolute Gasteiger partial charge is 0.160 e. The third-order valence-corrected chi connectivity index (χ3v) is 5.84. The fourth-order valence-corrected chi connectivity index (χ4v) is 4.19. The molecule has 2 N–H and O–H groups in total. The van der Waals surface area contributed by atoms with E-state index in [-0.39, 0.29) is 5.75 Å². The first-order chi connectivity index (χ1) is 14.2. The Morgan fingerprint density at radius 1 is 0.966 bits per heavy atom. The van der Waals surface area contributed by atoms with E-state index >= 15 is 0 Å². The van der Waals surface area contributed by atoms with Gasteiger partial charge in [0.15, 0.2) is 11.5 Å². The van der Waals surface area contributed by atoms with Gasteiger partial charge in [0.1, 0.15) is 5.75 Å². The van der Waals surface area contributed by atoms with Crippen LogP contribution in [0.2, 0.25) is 0 Å². The summed E-state index contributed by atoms with van der Waals surface area (Å²) < 4.78 is 8.59. The molecule has 3 aromatic carbocycles. The Bertz CT molecular complexity index is 1210. The fourth-order valence-electron chi connectivity index (χ4n) is 4.19. The van der Waals surface area contributed by atoms with Crippen molar-refractivity contribution < 1.29 is 9.84 Å². The normalized spacial score (nSPS) is 12.7. The van der Waals surface area contributed by atoms with E-state index in [1.807, 2.05) is 36.4 Å². The van der Waals surface area contributed by atoms with Gasteiger partial charge in [-0.3, -0.25) is 0 Å². The van der Waals surface area contributed by atoms with Crippen molar-refractivity contribution in [2.24, 2.45) is 0 Å². The maximum Gasteiger partial charge on any atom is 0.160 e. The Hall–Kier alpha value is -3.18. The molecule has 0 saturated carbocycles. The van der Waals surface area contributed by atoms with Gasteiger partial charge >= 0.3 is 0 Å². The number of fused-ring (bicyclic) bond motifs is 7. The van der Waals surface area contributed by atoms with Crippen LogP contribution in [0.25, 0.3) is 21.5 Å². The number of aromatic nitrogens is 1. The van der Waals surface area contributed by atoms with Crippen molar-refractivity contribution in [3.05, 3.63) is 54.9 Å². The Kier molecular flexibility index (Phi) is 4.32. The van der Waals surface area contributed by atoms with Gasteiger partial charge in [-0.05, 0) is 48.8 Å². The fraction of sp³-hybridized carbons (Fsp3) is 0.250. The van der Waals surface area contributed by atoms with Gasteiger partial charge in [-0.1, -0.05) is 26.0 Å². The number of hydrogen-bond acceptors (Lipinski definition) is 4. The molecule has 0 fully saturated rings. The highest BCUT2D eigenvalue weighted by molar-refractivity contribution is 6.18. The maximum atomic E-state index is 10.1. The topological polar surface area (TPSA) is 49.7 Å². The summed E-state index contributed by atoms with van der Waals surface area (Å²) in [4.78, 5) is 2.42. The highest BCUT2D eigenvalue weighted by Gasteiger charge is 2.23. The van der Waals surface area contributed by atoms with Gasteiger partial charge in [0.2, 0.25) is 0 Å². The molecular formula is C24H25N3O2. The van der Waals surface area contributed by atoms with E-state index in [1.54, 1.807) is 6.07 Å². The molecule has 1 aliphatic rings. The van der Waals surface area contributed by atoms with Crippen LogP contribution in [0.5, 0.6) is 17.2 Å². The number of rotatable bonds is 5. The molecular weight excluding hydrogens is 362 g/mol. The number of aromatic hydroxyl groups is 1. The number of likely N-dealkylation sites (N-methyl/N-ethyl adjacent to an activating group) is 1. The van der Waals surface area contributed by atoms with Crippen LogP contribution in [0.15, 0.2) is 54.9 Å². The lowest BCUT2D eigenvalue weighted by Gasteiger charge is -2.24. The van der Waals surface area contributed by atoms with Gasteiger partial charge in [0, 0.05) is 41.6 Å². The van der Waals surface area contributed by atoms with Crippen LogP contribution < -0.4 is 10.1 Å². The molecule has 1 aromatic heterocycles. The Morgan fingerprint density at radius 3 is 2.59 bits per heavy atom. The van der Waals surface area contributed by atoms with Crippen LogP contribution >= 0.6 is 0 Å². The number of ether oxygens (including phenoxy) is 1. The molecule has 2 heterocycles. The van der Waals surface area contributed by atoms with E-state index in [4.69, 9.17) is 4.74 Å². The van der Waals surface area contributed by atoms with E-state index in [9.17, 15) is 5.11 Å². The quantitative estimate of drug-likeness (QED) is 0.407. The van der Waals surface area contributed by atoms with Crippen molar-refractivity contribution in [1.29, 1.82) is 0 Å². The molecule has 0 atom stereocenters. The van der Waals surface area contributed by atoms with Crippen LogP contribution in [-0.2, 0) is 6.54 Å². The number of hydrogen-bond donors (Lipinski definition) is 2. The number of para-hydroxylation sites is 2. The van der Waals surface area contributed by atoms with Crippen LogP contribution in [0, 0.1) is 0 Å². The zero-order valence-corrected chi connectivity index (χ0v) is 16.8. The summed E-state index contributed by atoms with van der Waals surface area (Å²) in [7, 11) is 0.